The minimum absolute atomic E-state index is 0.00942. The summed E-state index contributed by atoms with van der Waals surface area (Å²) in [5, 5.41) is 0. The number of ether oxygens (including phenoxy) is 3. The second-order valence-electron chi connectivity index (χ2n) is 6.59. The van der Waals surface area contributed by atoms with Gasteiger partial charge in [-0.2, -0.15) is 0 Å². The number of carbonyl (C=O) groups is 3. The van der Waals surface area contributed by atoms with E-state index >= 15 is 0 Å². The molecule has 0 spiro atoms. The summed E-state index contributed by atoms with van der Waals surface area (Å²) in [7, 11) is 0. The molecule has 126 valence electrons. The third kappa shape index (κ3) is 3.39. The molecular formula is C16H21NO6. The minimum atomic E-state index is -1.24. The van der Waals surface area contributed by atoms with Gasteiger partial charge < -0.3 is 14.2 Å². The molecule has 2 fully saturated rings. The van der Waals surface area contributed by atoms with E-state index in [1.165, 1.54) is 6.92 Å². The van der Waals surface area contributed by atoms with Gasteiger partial charge in [-0.25, -0.2) is 0 Å². The van der Waals surface area contributed by atoms with Gasteiger partial charge in [-0.3, -0.25) is 19.3 Å². The lowest BCUT2D eigenvalue weighted by Gasteiger charge is -2.27. The molecule has 7 nitrogen and oxygen atoms in total. The van der Waals surface area contributed by atoms with Crippen molar-refractivity contribution in [2.75, 3.05) is 19.7 Å². The molecule has 0 radical (unpaired) electrons. The SMILES string of the molecule is CC(=O)O[C@@]1(C)CC(=O)OCC2=CCN3CC[C@@H](OC(=O)C1)[C@@H]23. The molecule has 0 N–H and O–H groups in total. The second-order valence-corrected chi connectivity index (χ2v) is 6.59. The fourth-order valence-corrected chi connectivity index (χ4v) is 3.64. The summed E-state index contributed by atoms with van der Waals surface area (Å²) < 4.78 is 16.2. The Hall–Kier alpha value is -1.89. The summed E-state index contributed by atoms with van der Waals surface area (Å²) in [5.41, 5.74) is -0.267. The van der Waals surface area contributed by atoms with Gasteiger partial charge >= 0.3 is 17.9 Å². The third-order valence-corrected chi connectivity index (χ3v) is 4.52. The highest BCUT2D eigenvalue weighted by molar-refractivity contribution is 5.77. The molecule has 3 rings (SSSR count). The molecule has 3 heterocycles. The standard InChI is InChI=1S/C16H21NO6/c1-10(18)23-16(2)7-13(19)21-9-11-3-5-17-6-4-12(15(11)17)22-14(20)8-16/h3,12,15H,4-9H2,1-2H3/t12-,15-,16+/m1/s1. The van der Waals surface area contributed by atoms with Crippen molar-refractivity contribution in [2.45, 2.75) is 50.9 Å². The number of cyclic esters (lactones) is 1. The van der Waals surface area contributed by atoms with E-state index in [0.29, 0.717) is 0 Å². The smallest absolute Gasteiger partial charge is 0.310 e. The van der Waals surface area contributed by atoms with Crippen LogP contribution in [0.2, 0.25) is 0 Å². The molecular weight excluding hydrogens is 302 g/mol. The number of esters is 3. The van der Waals surface area contributed by atoms with Gasteiger partial charge in [-0.15, -0.1) is 0 Å². The van der Waals surface area contributed by atoms with Crippen LogP contribution in [0.1, 0.15) is 33.1 Å². The van der Waals surface area contributed by atoms with E-state index in [1.54, 1.807) is 6.92 Å². The molecule has 0 aliphatic carbocycles. The fraction of sp³-hybridized carbons (Fsp3) is 0.688. The van der Waals surface area contributed by atoms with Gasteiger partial charge in [0.15, 0.2) is 0 Å². The Labute approximate surface area is 134 Å². The molecule has 0 amide bonds. The summed E-state index contributed by atoms with van der Waals surface area (Å²) in [5.74, 6) is -1.49. The monoisotopic (exact) mass is 323 g/mol. The van der Waals surface area contributed by atoms with Gasteiger partial charge in [-0.05, 0) is 18.9 Å². The molecule has 2 saturated heterocycles. The predicted octanol–water partition coefficient (Wildman–Crippen LogP) is 0.571. The number of carbonyl (C=O) groups excluding carboxylic acids is 3. The lowest BCUT2D eigenvalue weighted by atomic mass is 9.97. The van der Waals surface area contributed by atoms with Crippen LogP contribution >= 0.6 is 0 Å². The van der Waals surface area contributed by atoms with Gasteiger partial charge in [0.2, 0.25) is 0 Å². The molecule has 3 atom stereocenters. The van der Waals surface area contributed by atoms with Crippen LogP contribution < -0.4 is 0 Å². The lowest BCUT2D eigenvalue weighted by Crippen LogP contribution is -2.38. The van der Waals surface area contributed by atoms with E-state index in [4.69, 9.17) is 14.2 Å². The van der Waals surface area contributed by atoms with Crippen LogP contribution in [-0.4, -0.2) is 60.3 Å². The Bertz CT molecular complexity index is 571. The Kier molecular flexibility index (Phi) is 4.14. The van der Waals surface area contributed by atoms with Gasteiger partial charge in [0, 0.05) is 20.0 Å². The maximum atomic E-state index is 12.3. The normalized spacial score (nSPS) is 34.8. The molecule has 3 aliphatic heterocycles. The van der Waals surface area contributed by atoms with Crippen LogP contribution in [0.15, 0.2) is 11.6 Å². The first-order chi connectivity index (χ1) is 10.9. The highest BCUT2D eigenvalue weighted by Gasteiger charge is 2.44. The zero-order chi connectivity index (χ0) is 16.6. The molecule has 0 aromatic heterocycles. The van der Waals surface area contributed by atoms with Gasteiger partial charge in [-0.1, -0.05) is 6.08 Å². The molecule has 0 unspecified atom stereocenters. The Morgan fingerprint density at radius 2 is 2.09 bits per heavy atom. The summed E-state index contributed by atoms with van der Waals surface area (Å²) in [6, 6.07) is -0.00942. The lowest BCUT2D eigenvalue weighted by molar-refractivity contribution is -0.169. The highest BCUT2D eigenvalue weighted by Crippen LogP contribution is 2.33. The average molecular weight is 323 g/mol. The van der Waals surface area contributed by atoms with Crippen LogP contribution in [0.25, 0.3) is 0 Å². The highest BCUT2D eigenvalue weighted by atomic mass is 16.6. The first kappa shape index (κ1) is 16.0. The van der Waals surface area contributed by atoms with Gasteiger partial charge in [0.25, 0.3) is 0 Å². The van der Waals surface area contributed by atoms with E-state index in [9.17, 15) is 14.4 Å². The molecule has 3 aliphatic rings. The topological polar surface area (TPSA) is 82.1 Å². The largest absolute Gasteiger partial charge is 0.461 e. The first-order valence-electron chi connectivity index (χ1n) is 7.84. The van der Waals surface area contributed by atoms with E-state index in [1.807, 2.05) is 6.08 Å². The summed E-state index contributed by atoms with van der Waals surface area (Å²) >= 11 is 0. The van der Waals surface area contributed by atoms with Gasteiger partial charge in [0.05, 0.1) is 18.9 Å². The quantitative estimate of drug-likeness (QED) is 0.396. The predicted molar refractivity (Wildman–Crippen MR) is 78.3 cm³/mol. The average Bonchev–Trinajstić information content (AvgIpc) is 2.97. The molecule has 7 heteroatoms. The second kappa shape index (κ2) is 5.96. The minimum Gasteiger partial charge on any atom is -0.461 e. The number of rotatable bonds is 1. The Morgan fingerprint density at radius 3 is 2.83 bits per heavy atom. The number of hydrogen-bond donors (Lipinski definition) is 0. The van der Waals surface area contributed by atoms with Crippen LogP contribution in [0.5, 0.6) is 0 Å². The van der Waals surface area contributed by atoms with Crippen LogP contribution in [0, 0.1) is 0 Å². The van der Waals surface area contributed by atoms with Crippen LogP contribution in [-0.2, 0) is 28.6 Å². The van der Waals surface area contributed by atoms with Crippen LogP contribution in [0.4, 0.5) is 0 Å². The molecule has 0 aromatic rings. The van der Waals surface area contributed by atoms with E-state index in [-0.39, 0.29) is 31.6 Å². The zero-order valence-electron chi connectivity index (χ0n) is 13.4. The first-order valence-corrected chi connectivity index (χ1v) is 7.84. The Morgan fingerprint density at radius 1 is 1.35 bits per heavy atom. The van der Waals surface area contributed by atoms with Crippen LogP contribution in [0.3, 0.4) is 0 Å². The number of hydrogen-bond acceptors (Lipinski definition) is 7. The van der Waals surface area contributed by atoms with Crippen molar-refractivity contribution < 1.29 is 28.6 Å². The summed E-state index contributed by atoms with van der Waals surface area (Å²) in [6.45, 7) is 4.62. The van der Waals surface area contributed by atoms with Crippen molar-refractivity contribution in [3.63, 3.8) is 0 Å². The molecule has 0 aromatic carbocycles. The zero-order valence-corrected chi connectivity index (χ0v) is 13.4. The van der Waals surface area contributed by atoms with E-state index in [2.05, 4.69) is 4.90 Å². The molecule has 23 heavy (non-hydrogen) atoms. The van der Waals surface area contributed by atoms with E-state index in [0.717, 1.165) is 25.1 Å². The maximum absolute atomic E-state index is 12.3. The van der Waals surface area contributed by atoms with Crippen molar-refractivity contribution in [1.82, 2.24) is 4.90 Å². The fourth-order valence-electron chi connectivity index (χ4n) is 3.64. The molecule has 0 saturated carbocycles. The Balaban J connectivity index is 1.82. The maximum Gasteiger partial charge on any atom is 0.310 e. The van der Waals surface area contributed by atoms with Crippen molar-refractivity contribution in [3.8, 4) is 0 Å². The summed E-state index contributed by atoms with van der Waals surface area (Å²) in [4.78, 5) is 37.9. The molecule has 0 bridgehead atoms. The van der Waals surface area contributed by atoms with E-state index < -0.39 is 23.5 Å². The summed E-state index contributed by atoms with van der Waals surface area (Å²) in [6.07, 6.45) is 2.21. The number of nitrogens with zero attached hydrogens (tertiary/aromatic N) is 1. The van der Waals surface area contributed by atoms with Crippen molar-refractivity contribution in [1.29, 1.82) is 0 Å². The third-order valence-electron chi connectivity index (χ3n) is 4.52. The van der Waals surface area contributed by atoms with Crippen molar-refractivity contribution in [3.05, 3.63) is 11.6 Å². The van der Waals surface area contributed by atoms with Crippen molar-refractivity contribution >= 4 is 17.9 Å². The van der Waals surface area contributed by atoms with Gasteiger partial charge in [0.1, 0.15) is 18.3 Å². The van der Waals surface area contributed by atoms with Crippen molar-refractivity contribution in [2.24, 2.45) is 0 Å².